The van der Waals surface area contributed by atoms with Gasteiger partial charge in [0.05, 0.1) is 5.69 Å². The van der Waals surface area contributed by atoms with E-state index in [-0.39, 0.29) is 24.1 Å². The first-order valence-corrected chi connectivity index (χ1v) is 8.75. The number of amides is 2. The van der Waals surface area contributed by atoms with Gasteiger partial charge in [0.25, 0.3) is 5.91 Å². The van der Waals surface area contributed by atoms with E-state index in [1.165, 1.54) is 6.07 Å². The Morgan fingerprint density at radius 3 is 2.27 bits per heavy atom. The van der Waals surface area contributed by atoms with Crippen molar-refractivity contribution < 1.29 is 14.0 Å². The van der Waals surface area contributed by atoms with Crippen molar-refractivity contribution in [1.82, 2.24) is 10.2 Å². The Kier molecular flexibility index (Phi) is 5.84. The highest BCUT2D eigenvalue weighted by Crippen LogP contribution is 2.20. The first-order valence-electron chi connectivity index (χ1n) is 8.75. The summed E-state index contributed by atoms with van der Waals surface area (Å²) in [6.07, 6.45) is 0.262. The molecule has 1 saturated heterocycles. The van der Waals surface area contributed by atoms with E-state index in [0.717, 1.165) is 0 Å². The molecule has 2 amide bonds. The van der Waals surface area contributed by atoms with Crippen LogP contribution < -0.4 is 10.2 Å². The second-order valence-corrected chi connectivity index (χ2v) is 6.19. The van der Waals surface area contributed by atoms with E-state index >= 15 is 0 Å². The van der Waals surface area contributed by atoms with Crippen LogP contribution in [-0.4, -0.2) is 49.4 Å². The summed E-state index contributed by atoms with van der Waals surface area (Å²) in [5, 5.41) is 2.76. The van der Waals surface area contributed by atoms with Gasteiger partial charge in [-0.15, -0.1) is 0 Å². The molecule has 0 spiro atoms. The summed E-state index contributed by atoms with van der Waals surface area (Å²) in [6, 6.07) is 15.6. The molecule has 0 saturated carbocycles. The van der Waals surface area contributed by atoms with Crippen LogP contribution in [0.3, 0.4) is 0 Å². The molecule has 0 bridgehead atoms. The van der Waals surface area contributed by atoms with Gasteiger partial charge in [-0.3, -0.25) is 9.59 Å². The average Bonchev–Trinajstić information content (AvgIpc) is 2.69. The molecule has 0 radical (unpaired) electrons. The third-order valence-corrected chi connectivity index (χ3v) is 4.49. The van der Waals surface area contributed by atoms with Crippen LogP contribution in [0.5, 0.6) is 0 Å². The quantitative estimate of drug-likeness (QED) is 0.895. The second-order valence-electron chi connectivity index (χ2n) is 6.19. The number of halogens is 1. The maximum atomic E-state index is 13.8. The molecule has 1 aliphatic heterocycles. The Morgan fingerprint density at radius 1 is 0.923 bits per heavy atom. The molecule has 26 heavy (non-hydrogen) atoms. The number of hydrogen-bond donors (Lipinski definition) is 1. The summed E-state index contributed by atoms with van der Waals surface area (Å²) in [5.74, 6) is -0.412. The fraction of sp³-hybridized carbons (Fsp3) is 0.300. The summed E-state index contributed by atoms with van der Waals surface area (Å²) < 4.78 is 13.8. The first-order chi connectivity index (χ1) is 12.6. The van der Waals surface area contributed by atoms with E-state index in [9.17, 15) is 14.0 Å². The van der Waals surface area contributed by atoms with Crippen LogP contribution in [0.15, 0.2) is 54.6 Å². The summed E-state index contributed by atoms with van der Waals surface area (Å²) in [4.78, 5) is 28.0. The molecule has 1 aliphatic rings. The molecule has 5 nitrogen and oxygen atoms in total. The van der Waals surface area contributed by atoms with Crippen LogP contribution >= 0.6 is 0 Å². The SMILES string of the molecule is O=C(NCCC(=O)N1CCN(c2ccccc2F)CC1)c1ccccc1. The zero-order valence-corrected chi connectivity index (χ0v) is 14.5. The molecule has 136 valence electrons. The minimum Gasteiger partial charge on any atom is -0.366 e. The summed E-state index contributed by atoms with van der Waals surface area (Å²) in [6.45, 7) is 2.62. The summed E-state index contributed by atoms with van der Waals surface area (Å²) in [5.41, 5.74) is 1.16. The standard InChI is InChI=1S/C20H22FN3O2/c21-17-8-4-5-9-18(17)23-12-14-24(15-13-23)19(25)10-11-22-20(26)16-6-2-1-3-7-16/h1-9H,10-15H2,(H,22,26). The monoisotopic (exact) mass is 355 g/mol. The third kappa shape index (κ3) is 4.39. The van der Waals surface area contributed by atoms with Crippen molar-refractivity contribution in [3.8, 4) is 0 Å². The van der Waals surface area contributed by atoms with Gasteiger partial charge in [0.15, 0.2) is 0 Å². The number of hydrogen-bond acceptors (Lipinski definition) is 3. The van der Waals surface area contributed by atoms with Crippen LogP contribution in [0.25, 0.3) is 0 Å². The van der Waals surface area contributed by atoms with Gasteiger partial charge in [-0.05, 0) is 24.3 Å². The van der Waals surface area contributed by atoms with E-state index in [4.69, 9.17) is 0 Å². The molecule has 0 atom stereocenters. The number of para-hydroxylation sites is 1. The number of carbonyl (C=O) groups is 2. The van der Waals surface area contributed by atoms with Crippen molar-refractivity contribution in [2.75, 3.05) is 37.6 Å². The number of piperazine rings is 1. The van der Waals surface area contributed by atoms with Gasteiger partial charge in [-0.25, -0.2) is 4.39 Å². The molecule has 0 aromatic heterocycles. The molecular weight excluding hydrogens is 333 g/mol. The third-order valence-electron chi connectivity index (χ3n) is 4.49. The minimum atomic E-state index is -0.240. The summed E-state index contributed by atoms with van der Waals surface area (Å²) in [7, 11) is 0. The zero-order chi connectivity index (χ0) is 18.4. The molecule has 0 unspecified atom stereocenters. The van der Waals surface area contributed by atoms with Crippen molar-refractivity contribution in [2.45, 2.75) is 6.42 Å². The maximum Gasteiger partial charge on any atom is 0.251 e. The van der Waals surface area contributed by atoms with Gasteiger partial charge in [-0.1, -0.05) is 30.3 Å². The van der Waals surface area contributed by atoms with Crippen LogP contribution in [-0.2, 0) is 4.79 Å². The molecule has 1 N–H and O–H groups in total. The maximum absolute atomic E-state index is 13.8. The predicted octanol–water partition coefficient (Wildman–Crippen LogP) is 2.29. The van der Waals surface area contributed by atoms with E-state index < -0.39 is 0 Å². The van der Waals surface area contributed by atoms with E-state index in [1.807, 2.05) is 17.0 Å². The molecule has 0 aliphatic carbocycles. The Balaban J connectivity index is 1.43. The van der Waals surface area contributed by atoms with Crippen LogP contribution in [0.1, 0.15) is 16.8 Å². The van der Waals surface area contributed by atoms with Crippen molar-refractivity contribution in [3.63, 3.8) is 0 Å². The van der Waals surface area contributed by atoms with Gasteiger partial charge >= 0.3 is 0 Å². The summed E-state index contributed by atoms with van der Waals surface area (Å²) >= 11 is 0. The highest BCUT2D eigenvalue weighted by atomic mass is 19.1. The lowest BCUT2D eigenvalue weighted by Crippen LogP contribution is -2.49. The normalized spacial score (nSPS) is 14.2. The lowest BCUT2D eigenvalue weighted by molar-refractivity contribution is -0.131. The topological polar surface area (TPSA) is 52.7 Å². The van der Waals surface area contributed by atoms with Gasteiger partial charge < -0.3 is 15.1 Å². The number of nitrogens with zero attached hydrogens (tertiary/aromatic N) is 2. The zero-order valence-electron chi connectivity index (χ0n) is 14.5. The van der Waals surface area contributed by atoms with Gasteiger partial charge in [0.2, 0.25) is 5.91 Å². The lowest BCUT2D eigenvalue weighted by Gasteiger charge is -2.36. The van der Waals surface area contributed by atoms with E-state index in [1.54, 1.807) is 41.3 Å². The minimum absolute atomic E-state index is 0.00606. The van der Waals surface area contributed by atoms with Crippen molar-refractivity contribution in [3.05, 3.63) is 66.0 Å². The lowest BCUT2D eigenvalue weighted by atomic mass is 10.2. The number of carbonyl (C=O) groups excluding carboxylic acids is 2. The highest BCUT2D eigenvalue weighted by molar-refractivity contribution is 5.94. The number of rotatable bonds is 5. The van der Waals surface area contributed by atoms with Gasteiger partial charge in [-0.2, -0.15) is 0 Å². The fourth-order valence-electron chi connectivity index (χ4n) is 3.04. The van der Waals surface area contributed by atoms with Gasteiger partial charge in [0.1, 0.15) is 5.82 Å². The number of nitrogens with one attached hydrogen (secondary N) is 1. The molecule has 1 fully saturated rings. The van der Waals surface area contributed by atoms with Crippen LogP contribution in [0, 0.1) is 5.82 Å². The number of benzene rings is 2. The molecule has 6 heteroatoms. The Bertz CT molecular complexity index is 759. The molecule has 2 aromatic rings. The molecule has 1 heterocycles. The average molecular weight is 355 g/mol. The van der Waals surface area contributed by atoms with E-state index in [2.05, 4.69) is 5.32 Å². The van der Waals surface area contributed by atoms with Crippen molar-refractivity contribution in [1.29, 1.82) is 0 Å². The number of anilines is 1. The second kappa shape index (κ2) is 8.47. The van der Waals surface area contributed by atoms with Crippen molar-refractivity contribution in [2.24, 2.45) is 0 Å². The van der Waals surface area contributed by atoms with Crippen LogP contribution in [0.2, 0.25) is 0 Å². The fourth-order valence-corrected chi connectivity index (χ4v) is 3.04. The first kappa shape index (κ1) is 17.9. The van der Waals surface area contributed by atoms with Gasteiger partial charge in [0, 0.05) is 44.7 Å². The van der Waals surface area contributed by atoms with Crippen molar-refractivity contribution >= 4 is 17.5 Å². The largest absolute Gasteiger partial charge is 0.366 e. The Morgan fingerprint density at radius 2 is 1.58 bits per heavy atom. The molecule has 3 rings (SSSR count). The van der Waals surface area contributed by atoms with Crippen LogP contribution in [0.4, 0.5) is 10.1 Å². The molecule has 2 aromatic carbocycles. The smallest absolute Gasteiger partial charge is 0.251 e. The van der Waals surface area contributed by atoms with E-state index in [0.29, 0.717) is 44.0 Å². The Hall–Kier alpha value is -2.89. The molecular formula is C20H22FN3O2. The Labute approximate surface area is 152 Å². The predicted molar refractivity (Wildman–Crippen MR) is 98.6 cm³/mol. The highest BCUT2D eigenvalue weighted by Gasteiger charge is 2.22.